The first-order chi connectivity index (χ1) is 6.47. The number of carboxylic acid groups (broad SMARTS) is 1. The van der Waals surface area contributed by atoms with E-state index in [0.29, 0.717) is 18.4 Å². The van der Waals surface area contributed by atoms with E-state index in [2.05, 4.69) is 13.8 Å². The molecule has 0 heterocycles. The van der Waals surface area contributed by atoms with Gasteiger partial charge in [0.25, 0.3) is 0 Å². The minimum atomic E-state index is -0.711. The lowest BCUT2D eigenvalue weighted by molar-refractivity contribution is -0.140. The summed E-state index contributed by atoms with van der Waals surface area (Å²) in [6.07, 6.45) is 3.39. The fraction of sp³-hybridized carbons (Fsp3) is 0.909. The third-order valence-corrected chi connectivity index (χ3v) is 3.33. The van der Waals surface area contributed by atoms with Crippen LogP contribution in [0.2, 0.25) is 0 Å². The number of nitrogens with two attached hydrogens (primary N) is 1. The fourth-order valence-corrected chi connectivity index (χ4v) is 3.12. The minimum absolute atomic E-state index is 0.136. The van der Waals surface area contributed by atoms with Gasteiger partial charge in [0.2, 0.25) is 0 Å². The summed E-state index contributed by atoms with van der Waals surface area (Å²) in [5.41, 5.74) is 5.61. The minimum Gasteiger partial charge on any atom is -0.481 e. The number of aliphatic carboxylic acids is 1. The van der Waals surface area contributed by atoms with Crippen LogP contribution in [0.25, 0.3) is 0 Å². The average molecular weight is 199 g/mol. The van der Waals surface area contributed by atoms with E-state index in [1.807, 2.05) is 0 Å². The zero-order valence-corrected chi connectivity index (χ0v) is 9.12. The van der Waals surface area contributed by atoms with Crippen molar-refractivity contribution in [2.24, 2.45) is 23.0 Å². The van der Waals surface area contributed by atoms with Crippen molar-refractivity contribution >= 4 is 5.97 Å². The van der Waals surface area contributed by atoms with E-state index in [1.54, 1.807) is 0 Å². The van der Waals surface area contributed by atoms with Crippen molar-refractivity contribution in [3.8, 4) is 0 Å². The van der Waals surface area contributed by atoms with Gasteiger partial charge in [0.05, 0.1) is 6.42 Å². The number of carboxylic acids is 1. The van der Waals surface area contributed by atoms with E-state index in [4.69, 9.17) is 10.8 Å². The molecule has 3 N–H and O–H groups in total. The summed E-state index contributed by atoms with van der Waals surface area (Å²) in [6.45, 7) is 4.90. The summed E-state index contributed by atoms with van der Waals surface area (Å²) >= 11 is 0. The van der Waals surface area contributed by atoms with Gasteiger partial charge in [-0.3, -0.25) is 4.79 Å². The second-order valence-corrected chi connectivity index (χ2v) is 5.13. The molecule has 0 unspecified atom stereocenters. The lowest BCUT2D eigenvalue weighted by atomic mass is 9.65. The van der Waals surface area contributed by atoms with Crippen LogP contribution in [0.5, 0.6) is 0 Å². The standard InChI is InChI=1S/C11H21NO2/c1-8-3-9(2)5-11(4-8,7-12)6-10(13)14/h8-9H,3-7,12H2,1-2H3,(H,13,14)/t8-,9+,11-. The van der Waals surface area contributed by atoms with Gasteiger partial charge in [0.1, 0.15) is 0 Å². The molecule has 0 aromatic heterocycles. The predicted octanol–water partition coefficient (Wildman–Crippen LogP) is 1.86. The van der Waals surface area contributed by atoms with Gasteiger partial charge < -0.3 is 10.8 Å². The first-order valence-electron chi connectivity index (χ1n) is 5.39. The molecule has 3 atom stereocenters. The number of hydrogen-bond donors (Lipinski definition) is 2. The molecule has 0 bridgehead atoms. The SMILES string of the molecule is C[C@@H]1C[C@H](C)C[C@@](CN)(CC(=O)O)C1. The highest BCUT2D eigenvalue weighted by atomic mass is 16.4. The third-order valence-electron chi connectivity index (χ3n) is 3.33. The molecule has 3 nitrogen and oxygen atoms in total. The summed E-state index contributed by atoms with van der Waals surface area (Å²) in [4.78, 5) is 10.8. The van der Waals surface area contributed by atoms with Gasteiger partial charge in [-0.25, -0.2) is 0 Å². The molecule has 0 saturated heterocycles. The van der Waals surface area contributed by atoms with Gasteiger partial charge in [-0.15, -0.1) is 0 Å². The normalized spacial score (nSPS) is 38.2. The van der Waals surface area contributed by atoms with Crippen LogP contribution in [0, 0.1) is 17.3 Å². The van der Waals surface area contributed by atoms with Crippen LogP contribution in [0.4, 0.5) is 0 Å². The Bertz CT molecular complexity index is 205. The van der Waals surface area contributed by atoms with Crippen molar-refractivity contribution < 1.29 is 9.90 Å². The van der Waals surface area contributed by atoms with E-state index in [9.17, 15) is 4.79 Å². The second-order valence-electron chi connectivity index (χ2n) is 5.13. The molecule has 1 rings (SSSR count). The average Bonchev–Trinajstić information content (AvgIpc) is 2.00. The van der Waals surface area contributed by atoms with E-state index < -0.39 is 5.97 Å². The Labute approximate surface area is 85.7 Å². The lowest BCUT2D eigenvalue weighted by Crippen LogP contribution is -2.39. The molecule has 0 radical (unpaired) electrons. The molecular weight excluding hydrogens is 178 g/mol. The quantitative estimate of drug-likeness (QED) is 0.729. The van der Waals surface area contributed by atoms with Gasteiger partial charge in [-0.05, 0) is 43.1 Å². The van der Waals surface area contributed by atoms with Crippen LogP contribution in [0.3, 0.4) is 0 Å². The molecule has 0 aromatic rings. The van der Waals surface area contributed by atoms with Crippen LogP contribution in [-0.2, 0) is 4.79 Å². The maximum atomic E-state index is 10.8. The Morgan fingerprint density at radius 1 is 1.43 bits per heavy atom. The Hall–Kier alpha value is -0.570. The van der Waals surface area contributed by atoms with Crippen LogP contribution in [0.1, 0.15) is 39.5 Å². The van der Waals surface area contributed by atoms with Gasteiger partial charge in [0.15, 0.2) is 0 Å². The Morgan fingerprint density at radius 3 is 2.29 bits per heavy atom. The Balaban J connectivity index is 2.71. The zero-order valence-electron chi connectivity index (χ0n) is 9.12. The molecule has 1 saturated carbocycles. The topological polar surface area (TPSA) is 63.3 Å². The smallest absolute Gasteiger partial charge is 0.303 e. The van der Waals surface area contributed by atoms with Crippen molar-refractivity contribution in [2.45, 2.75) is 39.5 Å². The molecule has 14 heavy (non-hydrogen) atoms. The fourth-order valence-electron chi connectivity index (χ4n) is 3.12. The first-order valence-corrected chi connectivity index (χ1v) is 5.39. The van der Waals surface area contributed by atoms with E-state index >= 15 is 0 Å². The van der Waals surface area contributed by atoms with Crippen LogP contribution in [-0.4, -0.2) is 17.6 Å². The molecule has 1 aliphatic carbocycles. The molecular formula is C11H21NO2. The van der Waals surface area contributed by atoms with E-state index in [0.717, 1.165) is 12.8 Å². The van der Waals surface area contributed by atoms with Crippen molar-refractivity contribution in [1.29, 1.82) is 0 Å². The molecule has 1 fully saturated rings. The maximum Gasteiger partial charge on any atom is 0.303 e. The van der Waals surface area contributed by atoms with Crippen LogP contribution in [0.15, 0.2) is 0 Å². The predicted molar refractivity (Wildman–Crippen MR) is 55.9 cm³/mol. The number of rotatable bonds is 3. The first kappa shape index (κ1) is 11.5. The van der Waals surface area contributed by atoms with Crippen molar-refractivity contribution in [3.63, 3.8) is 0 Å². The summed E-state index contributed by atoms with van der Waals surface area (Å²) in [7, 11) is 0. The van der Waals surface area contributed by atoms with E-state index in [1.165, 1.54) is 6.42 Å². The van der Waals surface area contributed by atoms with Gasteiger partial charge >= 0.3 is 5.97 Å². The maximum absolute atomic E-state index is 10.8. The summed E-state index contributed by atoms with van der Waals surface area (Å²) < 4.78 is 0. The molecule has 82 valence electrons. The summed E-state index contributed by atoms with van der Waals surface area (Å²) in [5, 5.41) is 8.88. The zero-order chi connectivity index (χ0) is 10.8. The highest BCUT2D eigenvalue weighted by Crippen LogP contribution is 2.43. The monoisotopic (exact) mass is 199 g/mol. The highest BCUT2D eigenvalue weighted by Gasteiger charge is 2.38. The van der Waals surface area contributed by atoms with Crippen molar-refractivity contribution in [2.75, 3.05) is 6.54 Å². The van der Waals surface area contributed by atoms with Gasteiger partial charge in [-0.2, -0.15) is 0 Å². The molecule has 3 heteroatoms. The third kappa shape index (κ3) is 2.71. The van der Waals surface area contributed by atoms with Crippen LogP contribution < -0.4 is 5.73 Å². The highest BCUT2D eigenvalue weighted by molar-refractivity contribution is 5.67. The van der Waals surface area contributed by atoms with Crippen LogP contribution >= 0.6 is 0 Å². The molecule has 0 amide bonds. The Morgan fingerprint density at radius 2 is 1.93 bits per heavy atom. The second kappa shape index (κ2) is 4.30. The van der Waals surface area contributed by atoms with Gasteiger partial charge in [-0.1, -0.05) is 13.8 Å². The van der Waals surface area contributed by atoms with Crippen molar-refractivity contribution in [1.82, 2.24) is 0 Å². The Kier molecular flexibility index (Phi) is 3.53. The molecule has 0 spiro atoms. The summed E-state index contributed by atoms with van der Waals surface area (Å²) in [6, 6.07) is 0. The van der Waals surface area contributed by atoms with E-state index in [-0.39, 0.29) is 11.8 Å². The van der Waals surface area contributed by atoms with Crippen molar-refractivity contribution in [3.05, 3.63) is 0 Å². The largest absolute Gasteiger partial charge is 0.481 e. The van der Waals surface area contributed by atoms with Gasteiger partial charge in [0, 0.05) is 0 Å². The summed E-state index contributed by atoms with van der Waals surface area (Å²) in [5.74, 6) is 0.514. The lowest BCUT2D eigenvalue weighted by Gasteiger charge is -2.41. The molecule has 0 aliphatic heterocycles. The number of carbonyl (C=O) groups is 1. The number of hydrogen-bond acceptors (Lipinski definition) is 2. The molecule has 0 aromatic carbocycles. The molecule has 1 aliphatic rings.